The van der Waals surface area contributed by atoms with Crippen LogP contribution in [0.25, 0.3) is 0 Å². The van der Waals surface area contributed by atoms with E-state index in [1.54, 1.807) is 0 Å². The third-order valence-corrected chi connectivity index (χ3v) is 6.30. The van der Waals surface area contributed by atoms with E-state index in [0.717, 1.165) is 19.1 Å². The van der Waals surface area contributed by atoms with E-state index in [-0.39, 0.29) is 11.2 Å². The zero-order valence-electron chi connectivity index (χ0n) is 14.0. The molecule has 3 fully saturated rings. The van der Waals surface area contributed by atoms with Crippen molar-refractivity contribution in [3.63, 3.8) is 0 Å². The summed E-state index contributed by atoms with van der Waals surface area (Å²) in [5.74, 6) is 0.726. The lowest BCUT2D eigenvalue weighted by Crippen LogP contribution is -2.61. The Balaban J connectivity index is 1.72. The van der Waals surface area contributed by atoms with Crippen LogP contribution in [0, 0.1) is 5.92 Å². The maximum Gasteiger partial charge on any atom is 0.0833 e. The molecule has 3 rings (SSSR count). The lowest BCUT2D eigenvalue weighted by atomic mass is 9.66. The van der Waals surface area contributed by atoms with Crippen molar-refractivity contribution in [2.75, 3.05) is 20.3 Å². The third-order valence-electron chi connectivity index (χ3n) is 6.30. The molecule has 0 radical (unpaired) electrons. The highest BCUT2D eigenvalue weighted by molar-refractivity contribution is 5.05. The van der Waals surface area contributed by atoms with E-state index in [0.29, 0.717) is 6.04 Å². The van der Waals surface area contributed by atoms with Crippen molar-refractivity contribution in [2.45, 2.75) is 88.4 Å². The second-order valence-electron chi connectivity index (χ2n) is 7.55. The summed E-state index contributed by atoms with van der Waals surface area (Å²) < 4.78 is 12.3. The number of ether oxygens (including phenoxy) is 2. The minimum atomic E-state index is 0.108. The number of nitrogens with one attached hydrogen (secondary N) is 1. The van der Waals surface area contributed by atoms with Crippen molar-refractivity contribution in [3.05, 3.63) is 0 Å². The van der Waals surface area contributed by atoms with Crippen molar-refractivity contribution in [2.24, 2.45) is 5.92 Å². The topological polar surface area (TPSA) is 30.5 Å². The molecule has 3 nitrogen and oxygen atoms in total. The highest BCUT2D eigenvalue weighted by Crippen LogP contribution is 2.48. The van der Waals surface area contributed by atoms with Gasteiger partial charge in [-0.2, -0.15) is 0 Å². The van der Waals surface area contributed by atoms with Crippen molar-refractivity contribution in [3.8, 4) is 0 Å². The first kappa shape index (κ1) is 15.8. The summed E-state index contributed by atoms with van der Waals surface area (Å²) in [7, 11) is 1.92. The van der Waals surface area contributed by atoms with Crippen molar-refractivity contribution in [1.29, 1.82) is 0 Å². The van der Waals surface area contributed by atoms with E-state index >= 15 is 0 Å². The molecule has 1 N–H and O–H groups in total. The fraction of sp³-hybridized carbons (Fsp3) is 1.00. The zero-order chi connectivity index (χ0) is 14.8. The summed E-state index contributed by atoms with van der Waals surface area (Å²) in [6.45, 7) is 4.32. The van der Waals surface area contributed by atoms with Crippen molar-refractivity contribution in [1.82, 2.24) is 5.32 Å². The van der Waals surface area contributed by atoms with Gasteiger partial charge in [-0.3, -0.25) is 0 Å². The Hall–Kier alpha value is -0.120. The molecule has 1 spiro atoms. The van der Waals surface area contributed by atoms with Crippen LogP contribution < -0.4 is 5.32 Å². The molecule has 0 bridgehead atoms. The second kappa shape index (κ2) is 6.55. The van der Waals surface area contributed by atoms with Gasteiger partial charge in [-0.15, -0.1) is 0 Å². The summed E-state index contributed by atoms with van der Waals surface area (Å²) in [6, 6.07) is 0.526. The minimum absolute atomic E-state index is 0.108. The molecule has 2 atom stereocenters. The van der Waals surface area contributed by atoms with E-state index in [9.17, 15) is 0 Å². The summed E-state index contributed by atoms with van der Waals surface area (Å²) in [5, 5.41) is 3.86. The first-order chi connectivity index (χ1) is 10.2. The maximum absolute atomic E-state index is 6.24. The summed E-state index contributed by atoms with van der Waals surface area (Å²) >= 11 is 0. The van der Waals surface area contributed by atoms with E-state index in [2.05, 4.69) is 12.2 Å². The lowest BCUT2D eigenvalue weighted by Gasteiger charge is -2.52. The number of methoxy groups -OCH3 is 1. The predicted molar refractivity (Wildman–Crippen MR) is 85.5 cm³/mol. The minimum Gasteiger partial charge on any atom is -0.377 e. The second-order valence-corrected chi connectivity index (χ2v) is 7.55. The lowest BCUT2D eigenvalue weighted by molar-refractivity contribution is -0.147. The highest BCUT2D eigenvalue weighted by Gasteiger charge is 2.50. The SMILES string of the molecule is CCCNC(C1CCOC2(CCCC2)C1)C1(OC)CCC1. The molecule has 1 heterocycles. The van der Waals surface area contributed by atoms with Crippen LogP contribution in [0.5, 0.6) is 0 Å². The van der Waals surface area contributed by atoms with Gasteiger partial charge in [0, 0.05) is 19.8 Å². The van der Waals surface area contributed by atoms with Crippen LogP contribution in [0.1, 0.15) is 71.1 Å². The summed E-state index contributed by atoms with van der Waals surface area (Å²) in [6.07, 6.45) is 12.7. The van der Waals surface area contributed by atoms with Gasteiger partial charge in [-0.1, -0.05) is 19.8 Å². The van der Waals surface area contributed by atoms with Gasteiger partial charge in [0.05, 0.1) is 11.2 Å². The normalized spacial score (nSPS) is 32.0. The Morgan fingerprint density at radius 3 is 2.52 bits per heavy atom. The monoisotopic (exact) mass is 295 g/mol. The molecule has 0 amide bonds. The van der Waals surface area contributed by atoms with E-state index < -0.39 is 0 Å². The zero-order valence-corrected chi connectivity index (χ0v) is 14.0. The molecule has 21 heavy (non-hydrogen) atoms. The quantitative estimate of drug-likeness (QED) is 0.811. The van der Waals surface area contributed by atoms with Crippen LogP contribution >= 0.6 is 0 Å². The van der Waals surface area contributed by atoms with Crippen LogP contribution in [0.3, 0.4) is 0 Å². The molecule has 0 aromatic rings. The average Bonchev–Trinajstić information content (AvgIpc) is 2.89. The standard InChI is InChI=1S/C18H33NO2/c1-3-12-19-16(18(20-2)10-6-11-18)15-7-13-21-17(14-15)8-4-5-9-17/h15-16,19H,3-14H2,1-2H3. The molecule has 1 saturated heterocycles. The predicted octanol–water partition coefficient (Wildman–Crippen LogP) is 3.66. The molecule has 0 aromatic heterocycles. The molecule has 2 saturated carbocycles. The van der Waals surface area contributed by atoms with Gasteiger partial charge in [0.1, 0.15) is 0 Å². The number of rotatable bonds is 6. The molecular formula is C18H33NO2. The molecule has 1 aliphatic heterocycles. The Bertz CT molecular complexity index is 329. The van der Waals surface area contributed by atoms with Crippen LogP contribution in [0.2, 0.25) is 0 Å². The molecule has 3 heteroatoms. The van der Waals surface area contributed by atoms with Gasteiger partial charge in [0.2, 0.25) is 0 Å². The van der Waals surface area contributed by atoms with Gasteiger partial charge in [0.25, 0.3) is 0 Å². The molecule has 122 valence electrons. The van der Waals surface area contributed by atoms with Gasteiger partial charge in [0.15, 0.2) is 0 Å². The molecule has 0 aromatic carbocycles. The Morgan fingerprint density at radius 2 is 1.95 bits per heavy atom. The first-order valence-electron chi connectivity index (χ1n) is 9.16. The molecule has 2 aliphatic carbocycles. The fourth-order valence-corrected chi connectivity index (χ4v) is 4.97. The summed E-state index contributed by atoms with van der Waals surface area (Å²) in [5.41, 5.74) is 0.324. The fourth-order valence-electron chi connectivity index (χ4n) is 4.97. The van der Waals surface area contributed by atoms with Gasteiger partial charge in [-0.25, -0.2) is 0 Å². The van der Waals surface area contributed by atoms with Crippen LogP contribution in [0.4, 0.5) is 0 Å². The molecule has 3 aliphatic rings. The Morgan fingerprint density at radius 1 is 1.19 bits per heavy atom. The van der Waals surface area contributed by atoms with Crippen molar-refractivity contribution >= 4 is 0 Å². The maximum atomic E-state index is 6.24. The Labute approximate surface area is 130 Å². The average molecular weight is 295 g/mol. The smallest absolute Gasteiger partial charge is 0.0833 e. The highest BCUT2D eigenvalue weighted by atomic mass is 16.5. The number of hydrogen-bond donors (Lipinski definition) is 1. The largest absolute Gasteiger partial charge is 0.377 e. The third kappa shape index (κ3) is 3.02. The Kier molecular flexibility index (Phi) is 4.92. The van der Waals surface area contributed by atoms with Crippen LogP contribution in [0.15, 0.2) is 0 Å². The summed E-state index contributed by atoms with van der Waals surface area (Å²) in [4.78, 5) is 0. The van der Waals surface area contributed by atoms with Gasteiger partial charge < -0.3 is 14.8 Å². The van der Waals surface area contributed by atoms with Crippen LogP contribution in [-0.4, -0.2) is 37.5 Å². The van der Waals surface area contributed by atoms with E-state index in [4.69, 9.17) is 9.47 Å². The molecular weight excluding hydrogens is 262 g/mol. The van der Waals surface area contributed by atoms with Gasteiger partial charge in [-0.05, 0) is 63.8 Å². The van der Waals surface area contributed by atoms with Crippen molar-refractivity contribution < 1.29 is 9.47 Å². The van der Waals surface area contributed by atoms with E-state index in [1.807, 2.05) is 7.11 Å². The van der Waals surface area contributed by atoms with Crippen LogP contribution in [-0.2, 0) is 9.47 Å². The van der Waals surface area contributed by atoms with E-state index in [1.165, 1.54) is 64.2 Å². The first-order valence-corrected chi connectivity index (χ1v) is 9.16. The van der Waals surface area contributed by atoms with Gasteiger partial charge >= 0.3 is 0 Å². The molecule has 2 unspecified atom stereocenters. The number of hydrogen-bond acceptors (Lipinski definition) is 3.